The Kier molecular flexibility index (Phi) is 2.77. The van der Waals surface area contributed by atoms with Crippen molar-refractivity contribution in [1.82, 2.24) is 20.3 Å². The van der Waals surface area contributed by atoms with Crippen LogP contribution in [0.3, 0.4) is 0 Å². The summed E-state index contributed by atoms with van der Waals surface area (Å²) in [5.41, 5.74) is 6.14. The number of nitrogens with zero attached hydrogens (tertiary/aromatic N) is 3. The Bertz CT molecular complexity index is 662. The Balaban J connectivity index is 1.88. The average molecular weight is 266 g/mol. The molecule has 1 aliphatic heterocycles. The summed E-state index contributed by atoms with van der Waals surface area (Å²) < 4.78 is 0. The Hall–Kier alpha value is -1.81. The number of pyridine rings is 1. The van der Waals surface area contributed by atoms with Crippen LogP contribution in [0, 0.1) is 6.92 Å². The summed E-state index contributed by atoms with van der Waals surface area (Å²) in [6, 6.07) is 2.02. The summed E-state index contributed by atoms with van der Waals surface area (Å²) in [4.78, 5) is 13.9. The predicted octanol–water partition coefficient (Wildman–Crippen LogP) is 2.37. The summed E-state index contributed by atoms with van der Waals surface area (Å²) >= 11 is 0. The first-order valence-electron chi connectivity index (χ1n) is 7.34. The van der Waals surface area contributed by atoms with E-state index in [0.29, 0.717) is 5.92 Å². The molecule has 4 heteroatoms. The van der Waals surface area contributed by atoms with Crippen molar-refractivity contribution in [3.8, 4) is 11.4 Å². The highest BCUT2D eigenvalue weighted by atomic mass is 15.0. The van der Waals surface area contributed by atoms with Crippen molar-refractivity contribution in [2.75, 3.05) is 6.54 Å². The van der Waals surface area contributed by atoms with Crippen molar-refractivity contribution in [1.29, 1.82) is 0 Å². The SMILES string of the molecule is Cc1cnccc1-c1nc2c(c(C3CC3)n1)CNCC2. The van der Waals surface area contributed by atoms with Gasteiger partial charge in [-0.3, -0.25) is 4.98 Å². The molecule has 0 spiro atoms. The van der Waals surface area contributed by atoms with E-state index >= 15 is 0 Å². The molecule has 0 amide bonds. The van der Waals surface area contributed by atoms with Crippen LogP contribution in [0.25, 0.3) is 11.4 Å². The molecule has 2 aromatic heterocycles. The largest absolute Gasteiger partial charge is 0.312 e. The summed E-state index contributed by atoms with van der Waals surface area (Å²) in [6.45, 7) is 4.02. The number of rotatable bonds is 2. The molecule has 20 heavy (non-hydrogen) atoms. The van der Waals surface area contributed by atoms with Crippen molar-refractivity contribution >= 4 is 0 Å². The van der Waals surface area contributed by atoms with E-state index in [2.05, 4.69) is 17.2 Å². The highest BCUT2D eigenvalue weighted by molar-refractivity contribution is 5.60. The van der Waals surface area contributed by atoms with Crippen molar-refractivity contribution in [2.24, 2.45) is 0 Å². The van der Waals surface area contributed by atoms with Gasteiger partial charge in [0, 0.05) is 48.9 Å². The van der Waals surface area contributed by atoms with E-state index in [4.69, 9.17) is 9.97 Å². The molecule has 1 fully saturated rings. The first-order chi connectivity index (χ1) is 9.83. The van der Waals surface area contributed by atoms with Crippen molar-refractivity contribution in [3.05, 3.63) is 41.0 Å². The third-order valence-corrected chi connectivity index (χ3v) is 4.19. The fraction of sp³-hybridized carbons (Fsp3) is 0.438. The molecular formula is C16H18N4. The Morgan fingerprint density at radius 1 is 1.25 bits per heavy atom. The molecule has 1 N–H and O–H groups in total. The van der Waals surface area contributed by atoms with Gasteiger partial charge in [-0.1, -0.05) is 0 Å². The first-order valence-corrected chi connectivity index (χ1v) is 7.34. The minimum atomic E-state index is 0.660. The van der Waals surface area contributed by atoms with Gasteiger partial charge >= 0.3 is 0 Å². The van der Waals surface area contributed by atoms with Crippen LogP contribution in [0.1, 0.15) is 41.3 Å². The molecule has 2 aliphatic rings. The molecule has 0 saturated heterocycles. The molecule has 102 valence electrons. The maximum absolute atomic E-state index is 4.90. The van der Waals surface area contributed by atoms with Gasteiger partial charge in [-0.25, -0.2) is 9.97 Å². The minimum absolute atomic E-state index is 0.660. The van der Waals surface area contributed by atoms with E-state index < -0.39 is 0 Å². The standard InChI is InChI=1S/C16H18N4/c1-10-8-17-6-4-12(10)16-19-14-5-7-18-9-13(14)15(20-16)11-2-3-11/h4,6,8,11,18H,2-3,5,7,9H2,1H3. The Labute approximate surface area is 118 Å². The highest BCUT2D eigenvalue weighted by Gasteiger charge is 2.30. The van der Waals surface area contributed by atoms with E-state index in [1.807, 2.05) is 18.5 Å². The lowest BCUT2D eigenvalue weighted by Crippen LogP contribution is -2.26. The van der Waals surface area contributed by atoms with Gasteiger partial charge in [-0.2, -0.15) is 0 Å². The van der Waals surface area contributed by atoms with Gasteiger partial charge in [0.2, 0.25) is 0 Å². The fourth-order valence-electron chi connectivity index (χ4n) is 2.91. The molecular weight excluding hydrogens is 248 g/mol. The molecule has 0 aromatic carbocycles. The summed E-state index contributed by atoms with van der Waals surface area (Å²) in [5, 5.41) is 3.44. The maximum Gasteiger partial charge on any atom is 0.160 e. The number of fused-ring (bicyclic) bond motifs is 1. The number of hydrogen-bond acceptors (Lipinski definition) is 4. The second kappa shape index (κ2) is 4.63. The zero-order chi connectivity index (χ0) is 13.5. The summed E-state index contributed by atoms with van der Waals surface area (Å²) in [7, 11) is 0. The van der Waals surface area contributed by atoms with Crippen LogP contribution in [0.5, 0.6) is 0 Å². The predicted molar refractivity (Wildman–Crippen MR) is 77.4 cm³/mol. The van der Waals surface area contributed by atoms with E-state index in [-0.39, 0.29) is 0 Å². The second-order valence-electron chi connectivity index (χ2n) is 5.75. The van der Waals surface area contributed by atoms with E-state index in [0.717, 1.165) is 36.5 Å². The maximum atomic E-state index is 4.90. The molecule has 0 bridgehead atoms. The molecule has 0 atom stereocenters. The third kappa shape index (κ3) is 2.00. The molecule has 1 saturated carbocycles. The normalized spacial score (nSPS) is 17.9. The molecule has 4 nitrogen and oxygen atoms in total. The van der Waals surface area contributed by atoms with Crippen molar-refractivity contribution < 1.29 is 0 Å². The van der Waals surface area contributed by atoms with E-state index in [1.54, 1.807) is 0 Å². The fourth-order valence-corrected chi connectivity index (χ4v) is 2.91. The lowest BCUT2D eigenvalue weighted by Gasteiger charge is -2.20. The zero-order valence-electron chi connectivity index (χ0n) is 11.7. The van der Waals surface area contributed by atoms with Crippen molar-refractivity contribution in [3.63, 3.8) is 0 Å². The van der Waals surface area contributed by atoms with Crippen LogP contribution in [0.15, 0.2) is 18.5 Å². The van der Waals surface area contributed by atoms with Crippen LogP contribution < -0.4 is 5.32 Å². The monoisotopic (exact) mass is 266 g/mol. The summed E-state index contributed by atoms with van der Waals surface area (Å²) in [6.07, 6.45) is 7.27. The molecule has 0 radical (unpaired) electrons. The Morgan fingerprint density at radius 2 is 2.15 bits per heavy atom. The average Bonchev–Trinajstić information content (AvgIpc) is 3.31. The van der Waals surface area contributed by atoms with Gasteiger partial charge in [0.1, 0.15) is 0 Å². The lowest BCUT2D eigenvalue weighted by molar-refractivity contribution is 0.617. The number of aromatic nitrogens is 3. The van der Waals surface area contributed by atoms with Gasteiger partial charge < -0.3 is 5.32 Å². The second-order valence-corrected chi connectivity index (χ2v) is 5.75. The number of nitrogens with one attached hydrogen (secondary N) is 1. The molecule has 2 aromatic rings. The van der Waals surface area contributed by atoms with Crippen LogP contribution in [-0.2, 0) is 13.0 Å². The lowest BCUT2D eigenvalue weighted by atomic mass is 10.0. The Morgan fingerprint density at radius 3 is 2.95 bits per heavy atom. The quantitative estimate of drug-likeness (QED) is 0.906. The smallest absolute Gasteiger partial charge is 0.160 e. The van der Waals surface area contributed by atoms with Gasteiger partial charge in [-0.15, -0.1) is 0 Å². The highest BCUT2D eigenvalue weighted by Crippen LogP contribution is 2.42. The third-order valence-electron chi connectivity index (χ3n) is 4.19. The van der Waals surface area contributed by atoms with Gasteiger partial charge in [0.15, 0.2) is 5.82 Å². The van der Waals surface area contributed by atoms with Crippen LogP contribution in [-0.4, -0.2) is 21.5 Å². The molecule has 1 aliphatic carbocycles. The van der Waals surface area contributed by atoms with Crippen molar-refractivity contribution in [2.45, 2.75) is 38.6 Å². The number of hydrogen-bond donors (Lipinski definition) is 1. The molecule has 3 heterocycles. The van der Waals surface area contributed by atoms with Gasteiger partial charge in [0.05, 0.1) is 11.4 Å². The molecule has 0 unspecified atom stereocenters. The van der Waals surface area contributed by atoms with Crippen LogP contribution >= 0.6 is 0 Å². The zero-order valence-corrected chi connectivity index (χ0v) is 11.7. The van der Waals surface area contributed by atoms with Gasteiger partial charge in [0.25, 0.3) is 0 Å². The van der Waals surface area contributed by atoms with Crippen LogP contribution in [0.2, 0.25) is 0 Å². The first kappa shape index (κ1) is 12.0. The summed E-state index contributed by atoms with van der Waals surface area (Å²) in [5.74, 6) is 1.54. The van der Waals surface area contributed by atoms with E-state index in [9.17, 15) is 0 Å². The minimum Gasteiger partial charge on any atom is -0.312 e. The van der Waals surface area contributed by atoms with Crippen LogP contribution in [0.4, 0.5) is 0 Å². The topological polar surface area (TPSA) is 50.7 Å². The molecule has 4 rings (SSSR count). The van der Waals surface area contributed by atoms with Gasteiger partial charge in [-0.05, 0) is 31.4 Å². The number of aryl methyl sites for hydroxylation is 1. The van der Waals surface area contributed by atoms with E-state index in [1.165, 1.54) is 29.8 Å².